The second-order valence-corrected chi connectivity index (χ2v) is 4.74. The fraction of sp³-hybridized carbons (Fsp3) is 0.0625. The monoisotopic (exact) mass is 310 g/mol. The van der Waals surface area contributed by atoms with Gasteiger partial charge in [0.15, 0.2) is 5.76 Å². The number of hydrogen-bond donors (Lipinski definition) is 0. The molecular formula is C16H10N2O5. The van der Waals surface area contributed by atoms with Gasteiger partial charge >= 0.3 is 5.63 Å². The van der Waals surface area contributed by atoms with Gasteiger partial charge in [0.25, 0.3) is 11.8 Å². The van der Waals surface area contributed by atoms with Crippen molar-refractivity contribution in [2.75, 3.05) is 7.11 Å². The second kappa shape index (κ2) is 5.13. The Morgan fingerprint density at radius 3 is 2.70 bits per heavy atom. The molecule has 0 radical (unpaired) electrons. The number of hydrogen-bond acceptors (Lipinski definition) is 7. The lowest BCUT2D eigenvalue weighted by Gasteiger charge is -2.02. The van der Waals surface area contributed by atoms with Crippen molar-refractivity contribution in [3.63, 3.8) is 0 Å². The van der Waals surface area contributed by atoms with E-state index in [0.717, 1.165) is 0 Å². The molecule has 1 aromatic carbocycles. The van der Waals surface area contributed by atoms with Crippen LogP contribution >= 0.6 is 0 Å². The van der Waals surface area contributed by atoms with Crippen molar-refractivity contribution in [2.24, 2.45) is 0 Å². The van der Waals surface area contributed by atoms with Gasteiger partial charge in [-0.25, -0.2) is 4.79 Å². The van der Waals surface area contributed by atoms with Crippen molar-refractivity contribution < 1.29 is 18.0 Å². The predicted octanol–water partition coefficient (Wildman–Crippen LogP) is 3.11. The molecule has 0 aliphatic carbocycles. The smallest absolute Gasteiger partial charge is 0.349 e. The second-order valence-electron chi connectivity index (χ2n) is 4.74. The van der Waals surface area contributed by atoms with Crippen LogP contribution in [0.3, 0.4) is 0 Å². The van der Waals surface area contributed by atoms with Crippen LogP contribution in [0.5, 0.6) is 5.75 Å². The summed E-state index contributed by atoms with van der Waals surface area (Å²) in [6.07, 6.45) is 1.50. The average Bonchev–Trinajstić information content (AvgIpc) is 3.25. The molecule has 3 aromatic heterocycles. The molecule has 0 fully saturated rings. The molecule has 23 heavy (non-hydrogen) atoms. The molecule has 0 amide bonds. The molecule has 3 heterocycles. The third-order valence-electron chi connectivity index (χ3n) is 3.33. The van der Waals surface area contributed by atoms with E-state index in [0.29, 0.717) is 22.5 Å². The summed E-state index contributed by atoms with van der Waals surface area (Å²) in [6.45, 7) is 0. The topological polar surface area (TPSA) is 91.5 Å². The van der Waals surface area contributed by atoms with Crippen LogP contribution in [0.15, 0.2) is 60.7 Å². The first-order valence-corrected chi connectivity index (χ1v) is 6.74. The maximum atomic E-state index is 12.1. The van der Waals surface area contributed by atoms with Gasteiger partial charge in [0.2, 0.25) is 0 Å². The highest BCUT2D eigenvalue weighted by molar-refractivity contribution is 5.81. The Hall–Kier alpha value is -3.35. The van der Waals surface area contributed by atoms with Crippen LogP contribution in [-0.2, 0) is 0 Å². The van der Waals surface area contributed by atoms with E-state index < -0.39 is 5.63 Å². The molecular weight excluding hydrogens is 300 g/mol. The Bertz CT molecular complexity index is 1030. The van der Waals surface area contributed by atoms with E-state index in [1.54, 1.807) is 43.5 Å². The summed E-state index contributed by atoms with van der Waals surface area (Å²) in [5.74, 6) is 1.33. The fourth-order valence-electron chi connectivity index (χ4n) is 2.21. The Balaban J connectivity index is 1.85. The van der Waals surface area contributed by atoms with Gasteiger partial charge in [-0.1, -0.05) is 0 Å². The Kier molecular flexibility index (Phi) is 2.97. The molecule has 7 heteroatoms. The summed E-state index contributed by atoms with van der Waals surface area (Å²) < 4.78 is 21.1. The normalized spacial score (nSPS) is 11.0. The van der Waals surface area contributed by atoms with E-state index in [2.05, 4.69) is 10.2 Å². The molecule has 0 unspecified atom stereocenters. The van der Waals surface area contributed by atoms with Gasteiger partial charge in [-0.05, 0) is 36.4 Å². The summed E-state index contributed by atoms with van der Waals surface area (Å²) in [6, 6.07) is 10.2. The standard InChI is InChI=1S/C16H10N2O5/c1-20-10-4-5-12-9(7-10)8-11(16(19)22-12)14-17-18-15(23-14)13-3-2-6-21-13/h2-8H,1H3. The lowest BCUT2D eigenvalue weighted by atomic mass is 10.2. The molecule has 0 N–H and O–H groups in total. The maximum absolute atomic E-state index is 12.1. The number of rotatable bonds is 3. The highest BCUT2D eigenvalue weighted by Gasteiger charge is 2.17. The molecule has 0 atom stereocenters. The number of methoxy groups -OCH3 is 1. The zero-order valence-corrected chi connectivity index (χ0v) is 12.0. The largest absolute Gasteiger partial charge is 0.497 e. The lowest BCUT2D eigenvalue weighted by Crippen LogP contribution is -2.02. The Morgan fingerprint density at radius 1 is 1.04 bits per heavy atom. The number of ether oxygens (including phenoxy) is 1. The minimum atomic E-state index is -0.558. The third kappa shape index (κ3) is 2.28. The van der Waals surface area contributed by atoms with Gasteiger partial charge < -0.3 is 18.0 Å². The van der Waals surface area contributed by atoms with Gasteiger partial charge in [-0.15, -0.1) is 10.2 Å². The minimum Gasteiger partial charge on any atom is -0.497 e. The molecule has 4 rings (SSSR count). The van der Waals surface area contributed by atoms with Gasteiger partial charge in [0.1, 0.15) is 16.9 Å². The van der Waals surface area contributed by atoms with Crippen molar-refractivity contribution in [1.82, 2.24) is 10.2 Å². The van der Waals surface area contributed by atoms with Crippen molar-refractivity contribution >= 4 is 11.0 Å². The van der Waals surface area contributed by atoms with E-state index in [1.807, 2.05) is 0 Å². The molecule has 4 aromatic rings. The average molecular weight is 310 g/mol. The summed E-state index contributed by atoms with van der Waals surface area (Å²) in [5.41, 5.74) is 0.0682. The zero-order valence-electron chi connectivity index (χ0n) is 12.0. The van der Waals surface area contributed by atoms with Crippen molar-refractivity contribution in [3.8, 4) is 28.9 Å². The number of benzene rings is 1. The van der Waals surface area contributed by atoms with E-state index in [9.17, 15) is 4.79 Å². The summed E-state index contributed by atoms with van der Waals surface area (Å²) in [5, 5.41) is 8.45. The highest BCUT2D eigenvalue weighted by Crippen LogP contribution is 2.26. The molecule has 0 aliphatic rings. The highest BCUT2D eigenvalue weighted by atomic mass is 16.5. The summed E-state index contributed by atoms with van der Waals surface area (Å²) in [7, 11) is 1.56. The zero-order chi connectivity index (χ0) is 15.8. The predicted molar refractivity (Wildman–Crippen MR) is 80.0 cm³/mol. The summed E-state index contributed by atoms with van der Waals surface area (Å²) in [4.78, 5) is 12.1. The number of furan rings is 1. The van der Waals surface area contributed by atoms with E-state index in [-0.39, 0.29) is 17.3 Å². The SMILES string of the molecule is COc1ccc2oc(=O)c(-c3nnc(-c4ccco4)o3)cc2c1. The van der Waals surface area contributed by atoms with Gasteiger partial charge in [0, 0.05) is 5.39 Å². The molecule has 114 valence electrons. The summed E-state index contributed by atoms with van der Waals surface area (Å²) >= 11 is 0. The van der Waals surface area contributed by atoms with E-state index in [4.69, 9.17) is 18.0 Å². The van der Waals surface area contributed by atoms with Gasteiger partial charge in [-0.2, -0.15) is 0 Å². The lowest BCUT2D eigenvalue weighted by molar-refractivity contribution is 0.415. The Morgan fingerprint density at radius 2 is 1.91 bits per heavy atom. The van der Waals surface area contributed by atoms with Crippen LogP contribution in [-0.4, -0.2) is 17.3 Å². The number of nitrogens with zero attached hydrogens (tertiary/aromatic N) is 2. The van der Waals surface area contributed by atoms with Crippen LogP contribution in [0, 0.1) is 0 Å². The Labute approximate surface area is 129 Å². The van der Waals surface area contributed by atoms with Crippen LogP contribution in [0.25, 0.3) is 34.1 Å². The first-order valence-electron chi connectivity index (χ1n) is 6.74. The molecule has 0 saturated carbocycles. The molecule has 0 bridgehead atoms. The van der Waals surface area contributed by atoms with Crippen LogP contribution in [0.2, 0.25) is 0 Å². The number of aromatic nitrogens is 2. The molecule has 0 aliphatic heterocycles. The van der Waals surface area contributed by atoms with E-state index in [1.165, 1.54) is 6.26 Å². The first kappa shape index (κ1) is 13.3. The van der Waals surface area contributed by atoms with Gasteiger partial charge in [0.05, 0.1) is 13.4 Å². The quantitative estimate of drug-likeness (QED) is 0.537. The molecule has 0 spiro atoms. The molecule has 7 nitrogen and oxygen atoms in total. The van der Waals surface area contributed by atoms with Crippen molar-refractivity contribution in [1.29, 1.82) is 0 Å². The molecule has 0 saturated heterocycles. The maximum Gasteiger partial charge on any atom is 0.349 e. The number of fused-ring (bicyclic) bond motifs is 1. The first-order chi connectivity index (χ1) is 11.2. The van der Waals surface area contributed by atoms with E-state index >= 15 is 0 Å². The van der Waals surface area contributed by atoms with Gasteiger partial charge in [-0.3, -0.25) is 0 Å². The fourth-order valence-corrected chi connectivity index (χ4v) is 2.21. The third-order valence-corrected chi connectivity index (χ3v) is 3.33. The van der Waals surface area contributed by atoms with Crippen LogP contribution in [0.4, 0.5) is 0 Å². The van der Waals surface area contributed by atoms with Crippen LogP contribution in [0.1, 0.15) is 0 Å². The minimum absolute atomic E-state index is 0.0647. The van der Waals surface area contributed by atoms with Crippen molar-refractivity contribution in [3.05, 3.63) is 53.1 Å². The van der Waals surface area contributed by atoms with Crippen LogP contribution < -0.4 is 10.4 Å². The van der Waals surface area contributed by atoms with Crippen molar-refractivity contribution in [2.45, 2.75) is 0 Å².